The third-order valence-electron chi connectivity index (χ3n) is 8.78. The highest BCUT2D eigenvalue weighted by molar-refractivity contribution is 7.95. The second kappa shape index (κ2) is 20.8. The molecule has 0 aromatic heterocycles. The predicted octanol–water partition coefficient (Wildman–Crippen LogP) is 13.4. The zero-order chi connectivity index (χ0) is 45.9. The lowest BCUT2D eigenvalue weighted by atomic mass is 10.1. The van der Waals surface area contributed by atoms with Crippen molar-refractivity contribution in [2.45, 2.75) is 9.79 Å². The molecule has 0 aliphatic heterocycles. The van der Waals surface area contributed by atoms with Crippen LogP contribution in [0.25, 0.3) is 10.8 Å². The molecule has 7 N–H and O–H groups in total. The molecule has 0 saturated carbocycles. The van der Waals surface area contributed by atoms with Crippen LogP contribution in [0.5, 0.6) is 17.2 Å². The van der Waals surface area contributed by atoms with Gasteiger partial charge in [-0.3, -0.25) is 20.2 Å². The minimum Gasteiger partial charge on any atom is -0.506 e. The molecule has 0 aliphatic carbocycles. The van der Waals surface area contributed by atoms with Crippen LogP contribution in [-0.2, 0) is 18.7 Å². The number of hydrogen-bond acceptors (Lipinski definition) is 23. The summed E-state index contributed by atoms with van der Waals surface area (Å²) in [7, 11) is 0. The van der Waals surface area contributed by atoms with Gasteiger partial charge in [0.05, 0.1) is 66.5 Å². The van der Waals surface area contributed by atoms with Gasteiger partial charge in [0, 0.05) is 58.8 Å². The van der Waals surface area contributed by atoms with Gasteiger partial charge < -0.3 is 26.0 Å². The lowest BCUT2D eigenvalue weighted by Crippen LogP contribution is -1.95. The van der Waals surface area contributed by atoms with E-state index >= 15 is 0 Å². The Hall–Kier alpha value is -8.14. The van der Waals surface area contributed by atoms with E-state index in [1.807, 2.05) is 0 Å². The van der Waals surface area contributed by atoms with Crippen molar-refractivity contribution in [2.75, 3.05) is 10.6 Å². The maximum absolute atomic E-state index is 11.2. The third kappa shape index (κ3) is 11.5. The SMILES string of the molecule is O=[N+]([O-])c1ccc(N=Nc2c(SOOO)cc3cc(N=Nc4ccc(Nc5ccc(N=Nc6ccc(Nc7ccc([N+](=O)[O-])cc7SOOO)cc6)c(O)c5)cc4O)ccc3c2O)cc1. The van der Waals surface area contributed by atoms with E-state index in [2.05, 4.69) is 60.1 Å². The average molecular weight is 921 g/mol. The molecule has 0 saturated heterocycles. The topological polar surface area (TPSA) is 323 Å². The first-order chi connectivity index (χ1) is 31.5. The molecule has 25 heteroatoms. The van der Waals surface area contributed by atoms with Crippen LogP contribution in [0.2, 0.25) is 0 Å². The molecule has 0 spiro atoms. The number of phenolic OH excluding ortho intramolecular Hbond substituents is 3. The number of benzene rings is 7. The van der Waals surface area contributed by atoms with Gasteiger partial charge in [-0.1, -0.05) is 10.1 Å². The third-order valence-corrected chi connectivity index (χ3v) is 10.0. The predicted molar refractivity (Wildman–Crippen MR) is 235 cm³/mol. The van der Waals surface area contributed by atoms with Gasteiger partial charge in [-0.25, -0.2) is 10.5 Å². The quantitative estimate of drug-likeness (QED) is 0.0138. The summed E-state index contributed by atoms with van der Waals surface area (Å²) in [5.41, 5.74) is 2.94. The number of nitrogens with one attached hydrogen (secondary N) is 2. The Morgan fingerprint density at radius 1 is 0.508 bits per heavy atom. The van der Waals surface area contributed by atoms with Crippen LogP contribution in [0.4, 0.5) is 68.2 Å². The van der Waals surface area contributed by atoms with Crippen LogP contribution in [0.15, 0.2) is 168 Å². The van der Waals surface area contributed by atoms with Crippen molar-refractivity contribution in [1.82, 2.24) is 0 Å². The van der Waals surface area contributed by atoms with E-state index in [0.29, 0.717) is 69.0 Å². The molecule has 0 heterocycles. The summed E-state index contributed by atoms with van der Waals surface area (Å²) in [6.45, 7) is 0. The zero-order valence-corrected chi connectivity index (χ0v) is 34.2. The Morgan fingerprint density at radius 2 is 1.03 bits per heavy atom. The normalized spacial score (nSPS) is 11.5. The van der Waals surface area contributed by atoms with Crippen molar-refractivity contribution in [3.05, 3.63) is 148 Å². The molecule has 0 unspecified atom stereocenters. The van der Waals surface area contributed by atoms with Crippen LogP contribution >= 0.6 is 24.1 Å². The Labute approximate surface area is 372 Å². The summed E-state index contributed by atoms with van der Waals surface area (Å²) in [6, 6.07) is 31.4. The van der Waals surface area contributed by atoms with Crippen LogP contribution in [0, 0.1) is 20.2 Å². The van der Waals surface area contributed by atoms with Crippen molar-refractivity contribution in [3.8, 4) is 17.2 Å². The fourth-order valence-electron chi connectivity index (χ4n) is 5.74. The summed E-state index contributed by atoms with van der Waals surface area (Å²) < 4.78 is 9.05. The summed E-state index contributed by atoms with van der Waals surface area (Å²) in [4.78, 5) is 21.5. The van der Waals surface area contributed by atoms with E-state index in [-0.39, 0.29) is 61.2 Å². The van der Waals surface area contributed by atoms with Crippen LogP contribution in [0.1, 0.15) is 0 Å². The van der Waals surface area contributed by atoms with Crippen molar-refractivity contribution in [3.63, 3.8) is 0 Å². The molecule has 0 amide bonds. The van der Waals surface area contributed by atoms with E-state index in [0.717, 1.165) is 0 Å². The van der Waals surface area contributed by atoms with E-state index in [4.69, 9.17) is 10.5 Å². The number of aromatic hydroxyl groups is 3. The van der Waals surface area contributed by atoms with Crippen molar-refractivity contribution >= 4 is 103 Å². The first kappa shape index (κ1) is 44.9. The lowest BCUT2D eigenvalue weighted by Gasteiger charge is -2.10. The molecule has 0 fully saturated rings. The maximum Gasteiger partial charge on any atom is 0.270 e. The number of nitrogens with zero attached hydrogens (tertiary/aromatic N) is 8. The first-order valence-corrected chi connectivity index (χ1v) is 19.6. The summed E-state index contributed by atoms with van der Waals surface area (Å²) in [5, 5.41) is 111. The Balaban J connectivity index is 0.988. The Bertz CT molecular complexity index is 2980. The smallest absolute Gasteiger partial charge is 0.270 e. The van der Waals surface area contributed by atoms with Crippen molar-refractivity contribution in [2.24, 2.45) is 30.7 Å². The number of nitro benzene ring substituents is 2. The summed E-state index contributed by atoms with van der Waals surface area (Å²) >= 11 is 1.10. The van der Waals surface area contributed by atoms with Gasteiger partial charge in [0.15, 0.2) is 5.75 Å². The van der Waals surface area contributed by atoms with Gasteiger partial charge in [0.25, 0.3) is 11.4 Å². The monoisotopic (exact) mass is 920 g/mol. The number of phenols is 3. The highest BCUT2D eigenvalue weighted by Crippen LogP contribution is 2.45. The molecule has 328 valence electrons. The molecule has 65 heavy (non-hydrogen) atoms. The number of rotatable bonds is 18. The number of azo groups is 3. The number of anilines is 4. The van der Waals surface area contributed by atoms with Gasteiger partial charge in [0.1, 0.15) is 28.6 Å². The fraction of sp³-hybridized carbons (Fsp3) is 0. The van der Waals surface area contributed by atoms with E-state index in [1.54, 1.807) is 60.7 Å². The lowest BCUT2D eigenvalue weighted by molar-refractivity contribution is -0.432. The molecule has 0 aliphatic rings. The largest absolute Gasteiger partial charge is 0.506 e. The van der Waals surface area contributed by atoms with Gasteiger partial charge in [-0.15, -0.1) is 24.0 Å². The van der Waals surface area contributed by atoms with Crippen LogP contribution in [-0.4, -0.2) is 35.7 Å². The molecule has 7 aromatic rings. The number of non-ortho nitro benzene ring substituents is 2. The first-order valence-electron chi connectivity index (χ1n) is 18.2. The summed E-state index contributed by atoms with van der Waals surface area (Å²) in [5.74, 6) is -0.697. The molecule has 0 bridgehead atoms. The molecule has 7 rings (SSSR count). The van der Waals surface area contributed by atoms with E-state index in [9.17, 15) is 35.5 Å². The molecule has 0 radical (unpaired) electrons. The highest BCUT2D eigenvalue weighted by Gasteiger charge is 2.17. The van der Waals surface area contributed by atoms with E-state index in [1.165, 1.54) is 66.7 Å². The fourth-order valence-corrected chi connectivity index (χ4v) is 6.72. The van der Waals surface area contributed by atoms with Gasteiger partial charge in [0.2, 0.25) is 0 Å². The number of nitro groups is 2. The number of hydrogen-bond donors (Lipinski definition) is 7. The highest BCUT2D eigenvalue weighted by atomic mass is 32.2. The van der Waals surface area contributed by atoms with Crippen LogP contribution < -0.4 is 10.6 Å². The molecular formula is C40H28N10O13S2. The zero-order valence-electron chi connectivity index (χ0n) is 32.5. The molecule has 23 nitrogen and oxygen atoms in total. The number of fused-ring (bicyclic) bond motifs is 1. The second-order valence-electron chi connectivity index (χ2n) is 12.9. The molecule has 0 atom stereocenters. The second-order valence-corrected chi connectivity index (χ2v) is 14.4. The van der Waals surface area contributed by atoms with Gasteiger partial charge in [-0.2, -0.15) is 15.3 Å². The molecule has 7 aromatic carbocycles. The minimum absolute atomic E-state index is 0.0420. The van der Waals surface area contributed by atoms with E-state index < -0.39 is 9.85 Å². The molecular weight excluding hydrogens is 893 g/mol. The van der Waals surface area contributed by atoms with Crippen molar-refractivity contribution in [1.29, 1.82) is 0 Å². The standard InChI is InChI=1S/C40H28N10O13S2/c51-35-19-26(8-14-32(35)46-43-24-3-1-23(2-4-24)42-34-16-12-30(50(56)57)21-37(34)64-62-60-58)41-27-9-15-33(36(52)20-27)47-45-28-7-13-31-22(17-28)18-38(65-63-61-59)39(40(31)53)48-44-25-5-10-29(11-6-25)49(54)55/h1-21,41-42,51-53,58-59H. The minimum atomic E-state index is -0.572. The van der Waals surface area contributed by atoms with Gasteiger partial charge in [-0.05, 0) is 96.4 Å². The average Bonchev–Trinajstić information content (AvgIpc) is 3.30. The Morgan fingerprint density at radius 3 is 1.62 bits per heavy atom. The van der Waals surface area contributed by atoms with Crippen molar-refractivity contribution < 1.29 is 54.4 Å². The van der Waals surface area contributed by atoms with Gasteiger partial charge >= 0.3 is 0 Å². The summed E-state index contributed by atoms with van der Waals surface area (Å²) in [6.07, 6.45) is 0. The maximum atomic E-state index is 11.2. The Kier molecular flexibility index (Phi) is 14.4. The van der Waals surface area contributed by atoms with Crippen LogP contribution in [0.3, 0.4) is 0 Å².